The molecule has 0 aromatic heterocycles. The van der Waals surface area contributed by atoms with E-state index in [1.807, 2.05) is 0 Å². The van der Waals surface area contributed by atoms with Crippen molar-refractivity contribution in [2.75, 3.05) is 0 Å². The third-order valence-corrected chi connectivity index (χ3v) is 8.54. The highest BCUT2D eigenvalue weighted by atomic mass is 16.6. The lowest BCUT2D eigenvalue weighted by molar-refractivity contribution is -0.168. The first kappa shape index (κ1) is 19.4. The zero-order chi connectivity index (χ0) is 20.3. The number of hydrogen-bond acceptors (Lipinski definition) is 4. The molecule has 3 saturated carbocycles. The summed E-state index contributed by atoms with van der Waals surface area (Å²) in [6.45, 7) is 5.29. The topological polar surface area (TPSA) is 60.4 Å². The molecule has 4 heteroatoms. The third-order valence-electron chi connectivity index (χ3n) is 8.54. The van der Waals surface area contributed by atoms with Crippen LogP contribution in [-0.4, -0.2) is 23.1 Å². The number of terminal acetylenes is 1. The second kappa shape index (κ2) is 6.58. The molecule has 4 aliphatic rings. The van der Waals surface area contributed by atoms with Gasteiger partial charge >= 0.3 is 5.97 Å². The number of fused-ring (bicyclic) bond motifs is 5. The zero-order valence-electron chi connectivity index (χ0n) is 17.1. The van der Waals surface area contributed by atoms with E-state index in [-0.39, 0.29) is 28.9 Å². The van der Waals surface area contributed by atoms with Gasteiger partial charge in [0.15, 0.2) is 11.4 Å². The van der Waals surface area contributed by atoms with Crippen LogP contribution in [0.1, 0.15) is 65.7 Å². The lowest BCUT2D eigenvalue weighted by atomic mass is 9.49. The fourth-order valence-corrected chi connectivity index (χ4v) is 7.29. The molecule has 0 amide bonds. The van der Waals surface area contributed by atoms with Crippen molar-refractivity contribution < 1.29 is 19.1 Å². The molecule has 0 N–H and O–H groups in total. The Balaban J connectivity index is 1.71. The predicted molar refractivity (Wildman–Crippen MR) is 105 cm³/mol. The number of ketones is 2. The van der Waals surface area contributed by atoms with Crippen molar-refractivity contribution in [3.63, 3.8) is 0 Å². The molecule has 0 radical (unpaired) electrons. The Hall–Kier alpha value is -1.89. The molecular formula is C24H30O4. The van der Waals surface area contributed by atoms with Crippen LogP contribution in [0, 0.1) is 47.3 Å². The van der Waals surface area contributed by atoms with Crippen LogP contribution in [0.5, 0.6) is 0 Å². The predicted octanol–water partition coefficient (Wildman–Crippen LogP) is 3.88. The maximum absolute atomic E-state index is 12.5. The number of hydrogen-bond donors (Lipinski definition) is 0. The second-order valence-corrected chi connectivity index (χ2v) is 9.65. The quantitative estimate of drug-likeness (QED) is 0.537. The van der Waals surface area contributed by atoms with Gasteiger partial charge in [0.05, 0.1) is 0 Å². The van der Waals surface area contributed by atoms with Gasteiger partial charge < -0.3 is 4.74 Å². The molecule has 0 heterocycles. The zero-order valence-corrected chi connectivity index (χ0v) is 17.1. The van der Waals surface area contributed by atoms with Gasteiger partial charge in [-0.25, -0.2) is 0 Å². The number of allylic oxidation sites excluding steroid dienone is 1. The van der Waals surface area contributed by atoms with Gasteiger partial charge in [-0.15, -0.1) is 6.42 Å². The summed E-state index contributed by atoms with van der Waals surface area (Å²) < 4.78 is 5.80. The highest BCUT2D eigenvalue weighted by Gasteiger charge is 2.65. The van der Waals surface area contributed by atoms with Gasteiger partial charge in [0, 0.05) is 24.7 Å². The normalized spacial score (nSPS) is 44.4. The van der Waals surface area contributed by atoms with Gasteiger partial charge in [0.2, 0.25) is 0 Å². The van der Waals surface area contributed by atoms with Gasteiger partial charge in [-0.2, -0.15) is 0 Å². The largest absolute Gasteiger partial charge is 0.445 e. The minimum atomic E-state index is -0.834. The molecular weight excluding hydrogens is 352 g/mol. The van der Waals surface area contributed by atoms with Crippen molar-refractivity contribution in [2.45, 2.75) is 71.3 Å². The SMILES string of the molecule is C#C[C@]1(OC(C)=O)CC[C@H]2[C@@H]3C[C@H](C(C)=O)C4=CC(=O)CC[C@@H]4[C@H]3CC[C@@]21C. The number of Topliss-reactive ketones (excluding diaryl/α,β-unsaturated/α-hetero) is 1. The molecule has 0 saturated heterocycles. The summed E-state index contributed by atoms with van der Waals surface area (Å²) in [5, 5.41) is 0. The van der Waals surface area contributed by atoms with E-state index in [0.29, 0.717) is 36.5 Å². The third kappa shape index (κ3) is 2.62. The molecule has 0 unspecified atom stereocenters. The van der Waals surface area contributed by atoms with E-state index in [4.69, 9.17) is 11.2 Å². The fourth-order valence-electron chi connectivity index (χ4n) is 7.29. The van der Waals surface area contributed by atoms with Crippen molar-refractivity contribution in [3.05, 3.63) is 11.6 Å². The Morgan fingerprint density at radius 2 is 1.93 bits per heavy atom. The Kier molecular flexibility index (Phi) is 4.56. The van der Waals surface area contributed by atoms with E-state index in [0.717, 1.165) is 37.7 Å². The summed E-state index contributed by atoms with van der Waals surface area (Å²) in [5.41, 5.74) is 0.00954. The summed E-state index contributed by atoms with van der Waals surface area (Å²) in [5.74, 6) is 4.33. The summed E-state index contributed by atoms with van der Waals surface area (Å²) in [6, 6.07) is 0. The molecule has 0 aromatic rings. The van der Waals surface area contributed by atoms with E-state index in [1.54, 1.807) is 13.0 Å². The van der Waals surface area contributed by atoms with Gasteiger partial charge in [-0.05, 0) is 75.2 Å². The van der Waals surface area contributed by atoms with Gasteiger partial charge in [-0.3, -0.25) is 14.4 Å². The number of carbonyl (C=O) groups excluding carboxylic acids is 3. The maximum Gasteiger partial charge on any atom is 0.304 e. The summed E-state index contributed by atoms with van der Waals surface area (Å²) in [6.07, 6.45) is 13.6. The van der Waals surface area contributed by atoms with Crippen molar-refractivity contribution in [1.82, 2.24) is 0 Å². The highest BCUT2D eigenvalue weighted by Crippen LogP contribution is 2.66. The molecule has 0 bridgehead atoms. The minimum absolute atomic E-state index is 0.146. The molecule has 4 rings (SSSR count). The molecule has 0 aromatic carbocycles. The van der Waals surface area contributed by atoms with Crippen molar-refractivity contribution in [1.29, 1.82) is 0 Å². The van der Waals surface area contributed by atoms with Gasteiger partial charge in [0.25, 0.3) is 0 Å². The molecule has 150 valence electrons. The summed E-state index contributed by atoms with van der Waals surface area (Å²) in [4.78, 5) is 36.4. The smallest absolute Gasteiger partial charge is 0.304 e. The first-order valence-electron chi connectivity index (χ1n) is 10.6. The van der Waals surface area contributed by atoms with Crippen LogP contribution in [0.2, 0.25) is 0 Å². The number of ether oxygens (including phenoxy) is 1. The molecule has 3 fully saturated rings. The summed E-state index contributed by atoms with van der Waals surface area (Å²) >= 11 is 0. The van der Waals surface area contributed by atoms with E-state index in [2.05, 4.69) is 12.8 Å². The van der Waals surface area contributed by atoms with E-state index >= 15 is 0 Å². The Labute approximate surface area is 167 Å². The number of carbonyl (C=O) groups is 3. The molecule has 4 aliphatic carbocycles. The first-order valence-corrected chi connectivity index (χ1v) is 10.6. The monoisotopic (exact) mass is 382 g/mol. The van der Waals surface area contributed by atoms with Crippen LogP contribution in [0.3, 0.4) is 0 Å². The Bertz CT molecular complexity index is 802. The van der Waals surface area contributed by atoms with Gasteiger partial charge in [-0.1, -0.05) is 18.4 Å². The maximum atomic E-state index is 12.5. The van der Waals surface area contributed by atoms with Crippen molar-refractivity contribution >= 4 is 17.5 Å². The van der Waals surface area contributed by atoms with Crippen LogP contribution < -0.4 is 0 Å². The first-order chi connectivity index (χ1) is 13.2. The number of rotatable bonds is 2. The standard InChI is InChI=1S/C24H30O4/c1-5-24(28-15(3)26)11-9-22-21-13-19(14(2)25)20-12-16(27)6-7-17(20)18(21)8-10-23(22,24)4/h1,12,17-19,21-22H,6-11,13H2,2-4H3/t17-,18-,19-,21-,22+,23+,24+/m1/s1. The lowest BCUT2D eigenvalue weighted by Crippen LogP contribution is -2.55. The molecule has 0 aliphatic heterocycles. The minimum Gasteiger partial charge on any atom is -0.445 e. The van der Waals surface area contributed by atoms with Crippen LogP contribution in [0.15, 0.2) is 11.6 Å². The van der Waals surface area contributed by atoms with E-state index in [9.17, 15) is 14.4 Å². The van der Waals surface area contributed by atoms with Crippen LogP contribution in [0.4, 0.5) is 0 Å². The van der Waals surface area contributed by atoms with Crippen molar-refractivity contribution in [2.24, 2.45) is 35.0 Å². The van der Waals surface area contributed by atoms with E-state index < -0.39 is 5.60 Å². The second-order valence-electron chi connectivity index (χ2n) is 9.65. The van der Waals surface area contributed by atoms with Gasteiger partial charge in [0.1, 0.15) is 5.78 Å². The van der Waals surface area contributed by atoms with E-state index in [1.165, 1.54) is 6.92 Å². The average Bonchev–Trinajstić information content (AvgIpc) is 2.93. The molecule has 0 spiro atoms. The highest BCUT2D eigenvalue weighted by molar-refractivity contribution is 5.93. The average molecular weight is 383 g/mol. The van der Waals surface area contributed by atoms with Crippen LogP contribution in [-0.2, 0) is 19.1 Å². The molecule has 7 atom stereocenters. The number of esters is 1. The molecule has 28 heavy (non-hydrogen) atoms. The molecule has 4 nitrogen and oxygen atoms in total. The van der Waals surface area contributed by atoms with Crippen LogP contribution in [0.25, 0.3) is 0 Å². The van der Waals surface area contributed by atoms with Crippen molar-refractivity contribution in [3.8, 4) is 12.3 Å². The van der Waals surface area contributed by atoms with Crippen LogP contribution >= 0.6 is 0 Å². The Morgan fingerprint density at radius 1 is 1.18 bits per heavy atom. The summed E-state index contributed by atoms with van der Waals surface area (Å²) in [7, 11) is 0. The fraction of sp³-hybridized carbons (Fsp3) is 0.708. The Morgan fingerprint density at radius 3 is 2.57 bits per heavy atom. The lowest BCUT2D eigenvalue weighted by Gasteiger charge is -2.56.